The standard InChI is InChI=1S/C18H28N2O3/c1-4-17(23-5-2)18(21)19-14-10-12-20(13-11-14)15-6-8-16(22-3)9-7-15/h6-9,14,17H,4-5,10-13H2,1-3H3,(H,19,21)/t17-/m1/s1. The number of nitrogens with zero attached hydrogens (tertiary/aromatic N) is 1. The summed E-state index contributed by atoms with van der Waals surface area (Å²) in [6.45, 7) is 6.36. The van der Waals surface area contributed by atoms with Gasteiger partial charge in [-0.1, -0.05) is 6.92 Å². The van der Waals surface area contributed by atoms with Crippen LogP contribution in [-0.2, 0) is 9.53 Å². The molecule has 0 unspecified atom stereocenters. The second-order valence-corrected chi connectivity index (χ2v) is 5.82. The van der Waals surface area contributed by atoms with Crippen molar-refractivity contribution in [1.82, 2.24) is 5.32 Å². The highest BCUT2D eigenvalue weighted by molar-refractivity contribution is 5.81. The van der Waals surface area contributed by atoms with E-state index in [1.807, 2.05) is 26.0 Å². The van der Waals surface area contributed by atoms with Crippen LogP contribution in [0.3, 0.4) is 0 Å². The molecule has 1 saturated heterocycles. The number of methoxy groups -OCH3 is 1. The van der Waals surface area contributed by atoms with E-state index < -0.39 is 0 Å². The largest absolute Gasteiger partial charge is 0.497 e. The van der Waals surface area contributed by atoms with E-state index in [0.717, 1.165) is 31.7 Å². The number of carbonyl (C=O) groups excluding carboxylic acids is 1. The third-order valence-corrected chi connectivity index (χ3v) is 4.31. The zero-order valence-electron chi connectivity index (χ0n) is 14.4. The highest BCUT2D eigenvalue weighted by Crippen LogP contribution is 2.22. The molecule has 1 atom stereocenters. The van der Waals surface area contributed by atoms with Crippen molar-refractivity contribution in [2.45, 2.75) is 45.3 Å². The number of benzene rings is 1. The average Bonchev–Trinajstić information content (AvgIpc) is 2.60. The minimum absolute atomic E-state index is 0.0252. The molecule has 0 aliphatic carbocycles. The van der Waals surface area contributed by atoms with E-state index >= 15 is 0 Å². The van der Waals surface area contributed by atoms with Crippen LogP contribution < -0.4 is 15.0 Å². The number of nitrogens with one attached hydrogen (secondary N) is 1. The summed E-state index contributed by atoms with van der Waals surface area (Å²) >= 11 is 0. The lowest BCUT2D eigenvalue weighted by Crippen LogP contribution is -2.48. The summed E-state index contributed by atoms with van der Waals surface area (Å²) in [7, 11) is 1.68. The molecule has 0 saturated carbocycles. The van der Waals surface area contributed by atoms with E-state index in [1.165, 1.54) is 5.69 Å². The van der Waals surface area contributed by atoms with Crippen LogP contribution in [0.2, 0.25) is 0 Å². The van der Waals surface area contributed by atoms with Crippen molar-refractivity contribution in [2.24, 2.45) is 0 Å². The fraction of sp³-hybridized carbons (Fsp3) is 0.611. The lowest BCUT2D eigenvalue weighted by molar-refractivity contribution is -0.133. The number of hydrogen-bond donors (Lipinski definition) is 1. The molecule has 0 bridgehead atoms. The minimum atomic E-state index is -0.320. The minimum Gasteiger partial charge on any atom is -0.497 e. The Hall–Kier alpha value is -1.75. The van der Waals surface area contributed by atoms with Gasteiger partial charge in [0.05, 0.1) is 7.11 Å². The predicted octanol–water partition coefficient (Wildman–Crippen LogP) is 2.60. The quantitative estimate of drug-likeness (QED) is 0.839. The number of piperidine rings is 1. The van der Waals surface area contributed by atoms with Crippen molar-refractivity contribution >= 4 is 11.6 Å². The first-order valence-corrected chi connectivity index (χ1v) is 8.48. The van der Waals surface area contributed by atoms with Crippen LogP contribution in [0.4, 0.5) is 5.69 Å². The summed E-state index contributed by atoms with van der Waals surface area (Å²) < 4.78 is 10.7. The van der Waals surface area contributed by atoms with Crippen LogP contribution in [0.25, 0.3) is 0 Å². The molecule has 0 radical (unpaired) electrons. The maximum absolute atomic E-state index is 12.2. The first-order valence-electron chi connectivity index (χ1n) is 8.48. The molecule has 23 heavy (non-hydrogen) atoms. The summed E-state index contributed by atoms with van der Waals surface area (Å²) in [5, 5.41) is 3.13. The molecule has 1 aliphatic heterocycles. The highest BCUT2D eigenvalue weighted by atomic mass is 16.5. The number of rotatable bonds is 7. The molecule has 1 heterocycles. The normalized spacial score (nSPS) is 16.9. The molecule has 0 spiro atoms. The molecule has 0 aromatic heterocycles. The topological polar surface area (TPSA) is 50.8 Å². The Labute approximate surface area is 139 Å². The number of amides is 1. The zero-order valence-corrected chi connectivity index (χ0v) is 14.4. The van der Waals surface area contributed by atoms with Crippen LogP contribution in [0.1, 0.15) is 33.1 Å². The van der Waals surface area contributed by atoms with Gasteiger partial charge in [0.25, 0.3) is 0 Å². The van der Waals surface area contributed by atoms with Gasteiger partial charge in [0.2, 0.25) is 5.91 Å². The Morgan fingerprint density at radius 3 is 2.43 bits per heavy atom. The number of anilines is 1. The lowest BCUT2D eigenvalue weighted by Gasteiger charge is -2.34. The van der Waals surface area contributed by atoms with Gasteiger partial charge in [-0.15, -0.1) is 0 Å². The maximum atomic E-state index is 12.2. The van der Waals surface area contributed by atoms with Crippen molar-refractivity contribution in [3.05, 3.63) is 24.3 Å². The summed E-state index contributed by atoms with van der Waals surface area (Å²) in [5.41, 5.74) is 1.20. The SMILES string of the molecule is CCO[C@H](CC)C(=O)NC1CCN(c2ccc(OC)cc2)CC1. The molecular weight excluding hydrogens is 292 g/mol. The van der Waals surface area contributed by atoms with E-state index in [2.05, 4.69) is 22.3 Å². The molecule has 1 amide bonds. The van der Waals surface area contributed by atoms with Crippen LogP contribution in [0.15, 0.2) is 24.3 Å². The molecular formula is C18H28N2O3. The molecule has 5 heteroatoms. The van der Waals surface area contributed by atoms with Crippen molar-refractivity contribution in [3.8, 4) is 5.75 Å². The predicted molar refractivity (Wildman–Crippen MR) is 92.1 cm³/mol. The van der Waals surface area contributed by atoms with Crippen LogP contribution in [0.5, 0.6) is 5.75 Å². The highest BCUT2D eigenvalue weighted by Gasteiger charge is 2.24. The van der Waals surface area contributed by atoms with Gasteiger partial charge in [0, 0.05) is 31.4 Å². The molecule has 1 aromatic rings. The molecule has 1 aliphatic rings. The number of ether oxygens (including phenoxy) is 2. The Balaban J connectivity index is 1.82. The molecule has 5 nitrogen and oxygen atoms in total. The van der Waals surface area contributed by atoms with E-state index in [4.69, 9.17) is 9.47 Å². The number of carbonyl (C=O) groups is 1. The molecule has 128 valence electrons. The van der Waals surface area contributed by atoms with Crippen molar-refractivity contribution in [3.63, 3.8) is 0 Å². The van der Waals surface area contributed by atoms with Crippen molar-refractivity contribution < 1.29 is 14.3 Å². The van der Waals surface area contributed by atoms with Crippen molar-refractivity contribution in [2.75, 3.05) is 31.7 Å². The van der Waals surface area contributed by atoms with Crippen molar-refractivity contribution in [1.29, 1.82) is 0 Å². The lowest BCUT2D eigenvalue weighted by atomic mass is 10.0. The smallest absolute Gasteiger partial charge is 0.249 e. The van der Waals surface area contributed by atoms with E-state index in [-0.39, 0.29) is 18.1 Å². The van der Waals surface area contributed by atoms with Gasteiger partial charge in [0.15, 0.2) is 0 Å². The Morgan fingerprint density at radius 1 is 1.26 bits per heavy atom. The first-order chi connectivity index (χ1) is 11.2. The molecule has 2 rings (SSSR count). The molecule has 1 N–H and O–H groups in total. The van der Waals surface area contributed by atoms with Gasteiger partial charge in [-0.2, -0.15) is 0 Å². The third-order valence-electron chi connectivity index (χ3n) is 4.31. The number of hydrogen-bond acceptors (Lipinski definition) is 4. The average molecular weight is 320 g/mol. The van der Waals surface area contributed by atoms with Crippen LogP contribution in [-0.4, -0.2) is 44.9 Å². The fourth-order valence-corrected chi connectivity index (χ4v) is 2.95. The van der Waals surface area contributed by atoms with Gasteiger partial charge in [-0.25, -0.2) is 0 Å². The molecule has 1 aromatic carbocycles. The fourth-order valence-electron chi connectivity index (χ4n) is 2.95. The van der Waals surface area contributed by atoms with E-state index in [1.54, 1.807) is 7.11 Å². The first kappa shape index (κ1) is 17.6. The second-order valence-electron chi connectivity index (χ2n) is 5.82. The van der Waals surface area contributed by atoms with Gasteiger partial charge in [0.1, 0.15) is 11.9 Å². The summed E-state index contributed by atoms with van der Waals surface area (Å²) in [6, 6.07) is 8.38. The van der Waals surface area contributed by atoms with Gasteiger partial charge >= 0.3 is 0 Å². The van der Waals surface area contributed by atoms with E-state index in [9.17, 15) is 4.79 Å². The van der Waals surface area contributed by atoms with Gasteiger partial charge in [-0.05, 0) is 50.5 Å². The Bertz CT molecular complexity index is 482. The zero-order chi connectivity index (χ0) is 16.7. The Kier molecular flexibility index (Phi) is 6.71. The summed E-state index contributed by atoms with van der Waals surface area (Å²) in [4.78, 5) is 14.5. The summed E-state index contributed by atoms with van der Waals surface area (Å²) in [5.74, 6) is 0.898. The van der Waals surface area contributed by atoms with Crippen LogP contribution in [0, 0.1) is 0 Å². The monoisotopic (exact) mass is 320 g/mol. The van der Waals surface area contributed by atoms with Gasteiger partial charge in [-0.3, -0.25) is 4.79 Å². The Morgan fingerprint density at radius 2 is 1.91 bits per heavy atom. The van der Waals surface area contributed by atoms with Crippen LogP contribution >= 0.6 is 0 Å². The van der Waals surface area contributed by atoms with Gasteiger partial charge < -0.3 is 19.7 Å². The third kappa shape index (κ3) is 4.86. The van der Waals surface area contributed by atoms with E-state index in [0.29, 0.717) is 13.0 Å². The molecule has 1 fully saturated rings. The maximum Gasteiger partial charge on any atom is 0.249 e. The summed E-state index contributed by atoms with van der Waals surface area (Å²) in [6.07, 6.45) is 2.31. The second kappa shape index (κ2) is 8.77.